The maximum Gasteiger partial charge on any atom is 0.146 e. The monoisotopic (exact) mass is 296 g/mol. The van der Waals surface area contributed by atoms with Crippen molar-refractivity contribution in [1.29, 1.82) is 0 Å². The number of pyridine rings is 2. The molecular formula is C11H10BrFN4. The Morgan fingerprint density at radius 3 is 2.82 bits per heavy atom. The molecule has 0 saturated heterocycles. The van der Waals surface area contributed by atoms with E-state index in [-0.39, 0.29) is 0 Å². The van der Waals surface area contributed by atoms with Crippen LogP contribution in [0, 0.1) is 5.82 Å². The number of rotatable bonds is 3. The first-order valence-corrected chi connectivity index (χ1v) is 5.69. The highest BCUT2D eigenvalue weighted by molar-refractivity contribution is 9.10. The van der Waals surface area contributed by atoms with Gasteiger partial charge in [-0.3, -0.25) is 15.8 Å². The number of nitrogens with two attached hydrogens (primary N) is 1. The van der Waals surface area contributed by atoms with Crippen LogP contribution in [0.1, 0.15) is 17.3 Å². The number of hydrogen-bond acceptors (Lipinski definition) is 4. The Morgan fingerprint density at radius 2 is 2.18 bits per heavy atom. The minimum Gasteiger partial charge on any atom is -0.271 e. The largest absolute Gasteiger partial charge is 0.271 e. The van der Waals surface area contributed by atoms with E-state index in [0.717, 1.165) is 10.7 Å². The molecule has 2 aromatic heterocycles. The molecule has 4 nitrogen and oxygen atoms in total. The molecule has 0 radical (unpaired) electrons. The fourth-order valence-electron chi connectivity index (χ4n) is 1.55. The number of nitrogens with zero attached hydrogens (tertiary/aromatic N) is 2. The SMILES string of the molecule is NNC(c1ccncc1F)c1ncccc1Br. The number of aromatic nitrogens is 2. The van der Waals surface area contributed by atoms with Crippen LogP contribution in [0.2, 0.25) is 0 Å². The summed E-state index contributed by atoms with van der Waals surface area (Å²) in [5, 5.41) is 0. The van der Waals surface area contributed by atoms with Gasteiger partial charge in [0.1, 0.15) is 5.82 Å². The first kappa shape index (κ1) is 12.1. The molecule has 1 atom stereocenters. The first-order chi connectivity index (χ1) is 8.24. The van der Waals surface area contributed by atoms with Gasteiger partial charge in [-0.15, -0.1) is 0 Å². The minimum atomic E-state index is -0.520. The van der Waals surface area contributed by atoms with Crippen LogP contribution in [0.25, 0.3) is 0 Å². The summed E-state index contributed by atoms with van der Waals surface area (Å²) in [7, 11) is 0. The molecule has 2 aromatic rings. The summed E-state index contributed by atoms with van der Waals surface area (Å²) in [5.41, 5.74) is 3.59. The fourth-order valence-corrected chi connectivity index (χ4v) is 2.03. The lowest BCUT2D eigenvalue weighted by molar-refractivity contribution is 0.547. The Morgan fingerprint density at radius 1 is 1.35 bits per heavy atom. The van der Waals surface area contributed by atoms with Crippen molar-refractivity contribution >= 4 is 15.9 Å². The zero-order valence-corrected chi connectivity index (χ0v) is 10.4. The van der Waals surface area contributed by atoms with Crippen molar-refractivity contribution in [1.82, 2.24) is 15.4 Å². The van der Waals surface area contributed by atoms with Crippen molar-refractivity contribution < 1.29 is 4.39 Å². The van der Waals surface area contributed by atoms with Crippen LogP contribution in [-0.4, -0.2) is 9.97 Å². The van der Waals surface area contributed by atoms with Crippen LogP contribution in [0.3, 0.4) is 0 Å². The summed E-state index contributed by atoms with van der Waals surface area (Å²) in [6, 6.07) is 4.66. The van der Waals surface area contributed by atoms with Crippen LogP contribution in [-0.2, 0) is 0 Å². The van der Waals surface area contributed by atoms with Crippen LogP contribution in [0.15, 0.2) is 41.3 Å². The van der Waals surface area contributed by atoms with Crippen LogP contribution >= 0.6 is 15.9 Å². The molecule has 2 rings (SSSR count). The van der Waals surface area contributed by atoms with Gasteiger partial charge in [0.15, 0.2) is 0 Å². The van der Waals surface area contributed by atoms with Gasteiger partial charge in [0, 0.05) is 22.4 Å². The molecule has 17 heavy (non-hydrogen) atoms. The molecule has 0 amide bonds. The van der Waals surface area contributed by atoms with Crippen molar-refractivity contribution in [3.05, 3.63) is 58.3 Å². The van der Waals surface area contributed by atoms with Gasteiger partial charge < -0.3 is 0 Å². The lowest BCUT2D eigenvalue weighted by atomic mass is 10.0. The molecule has 0 bridgehead atoms. The minimum absolute atomic E-state index is 0.405. The lowest BCUT2D eigenvalue weighted by Gasteiger charge is -2.17. The van der Waals surface area contributed by atoms with E-state index in [1.807, 2.05) is 6.07 Å². The summed E-state index contributed by atoms with van der Waals surface area (Å²) in [6.07, 6.45) is 4.29. The Balaban J connectivity index is 2.48. The summed E-state index contributed by atoms with van der Waals surface area (Å²) in [4.78, 5) is 7.89. The molecule has 3 N–H and O–H groups in total. The summed E-state index contributed by atoms with van der Waals surface area (Å²) < 4.78 is 14.4. The summed E-state index contributed by atoms with van der Waals surface area (Å²) in [5.74, 6) is 5.05. The first-order valence-electron chi connectivity index (χ1n) is 4.90. The topological polar surface area (TPSA) is 63.8 Å². The Kier molecular flexibility index (Phi) is 3.78. The van der Waals surface area contributed by atoms with Crippen molar-refractivity contribution in [3.8, 4) is 0 Å². The summed E-state index contributed by atoms with van der Waals surface area (Å²) in [6.45, 7) is 0. The van der Waals surface area contributed by atoms with E-state index in [4.69, 9.17) is 5.84 Å². The van der Waals surface area contributed by atoms with Gasteiger partial charge in [0.2, 0.25) is 0 Å². The standard InChI is InChI=1S/C11H10BrFN4/c12-8-2-1-4-16-11(8)10(17-14)7-3-5-15-6-9(7)13/h1-6,10,17H,14H2. The molecule has 0 aliphatic heterocycles. The molecule has 1 unspecified atom stereocenters. The lowest BCUT2D eigenvalue weighted by Crippen LogP contribution is -2.30. The van der Waals surface area contributed by atoms with E-state index in [0.29, 0.717) is 11.3 Å². The fraction of sp³-hybridized carbons (Fsp3) is 0.0909. The van der Waals surface area contributed by atoms with E-state index < -0.39 is 11.9 Å². The van der Waals surface area contributed by atoms with Crippen LogP contribution in [0.4, 0.5) is 4.39 Å². The summed E-state index contributed by atoms with van der Waals surface area (Å²) >= 11 is 3.36. The van der Waals surface area contributed by atoms with E-state index >= 15 is 0 Å². The van der Waals surface area contributed by atoms with Crippen molar-refractivity contribution in [2.24, 2.45) is 5.84 Å². The van der Waals surface area contributed by atoms with Crippen LogP contribution < -0.4 is 11.3 Å². The third kappa shape index (κ3) is 2.49. The van der Waals surface area contributed by atoms with Crippen LogP contribution in [0.5, 0.6) is 0 Å². The normalized spacial score (nSPS) is 12.4. The predicted octanol–water partition coefficient (Wildman–Crippen LogP) is 1.93. The third-order valence-electron chi connectivity index (χ3n) is 2.34. The molecule has 88 valence electrons. The quantitative estimate of drug-likeness (QED) is 0.671. The molecular weight excluding hydrogens is 287 g/mol. The molecule has 0 aromatic carbocycles. The molecule has 0 aliphatic rings. The van der Waals surface area contributed by atoms with Gasteiger partial charge in [-0.05, 0) is 34.1 Å². The van der Waals surface area contributed by atoms with Gasteiger partial charge in [-0.2, -0.15) is 0 Å². The molecule has 0 saturated carbocycles. The smallest absolute Gasteiger partial charge is 0.146 e. The highest BCUT2D eigenvalue weighted by Crippen LogP contribution is 2.26. The van der Waals surface area contributed by atoms with Gasteiger partial charge in [-0.25, -0.2) is 9.82 Å². The number of halogens is 2. The van der Waals surface area contributed by atoms with E-state index in [1.54, 1.807) is 18.3 Å². The van der Waals surface area contributed by atoms with Crippen molar-refractivity contribution in [3.63, 3.8) is 0 Å². The zero-order chi connectivity index (χ0) is 12.3. The maximum absolute atomic E-state index is 13.6. The van der Waals surface area contributed by atoms with Crippen molar-refractivity contribution in [2.45, 2.75) is 6.04 Å². The molecule has 2 heterocycles. The highest BCUT2D eigenvalue weighted by Gasteiger charge is 2.19. The van der Waals surface area contributed by atoms with Gasteiger partial charge in [0.05, 0.1) is 17.9 Å². The van der Waals surface area contributed by atoms with Crippen molar-refractivity contribution in [2.75, 3.05) is 0 Å². The number of hydrogen-bond donors (Lipinski definition) is 2. The molecule has 0 spiro atoms. The Bertz CT molecular complexity index is 475. The second kappa shape index (κ2) is 5.31. The van der Waals surface area contributed by atoms with E-state index in [9.17, 15) is 4.39 Å². The molecule has 0 aliphatic carbocycles. The van der Waals surface area contributed by atoms with Gasteiger partial charge >= 0.3 is 0 Å². The zero-order valence-electron chi connectivity index (χ0n) is 8.77. The Hall–Kier alpha value is -1.37. The average Bonchev–Trinajstić information content (AvgIpc) is 2.34. The predicted molar refractivity (Wildman–Crippen MR) is 65.3 cm³/mol. The maximum atomic E-state index is 13.6. The Labute approximate surface area is 106 Å². The van der Waals surface area contributed by atoms with Gasteiger partial charge in [-0.1, -0.05) is 0 Å². The van der Waals surface area contributed by atoms with E-state index in [1.165, 1.54) is 6.20 Å². The van der Waals surface area contributed by atoms with Gasteiger partial charge in [0.25, 0.3) is 0 Å². The molecule has 6 heteroatoms. The van der Waals surface area contributed by atoms with E-state index in [2.05, 4.69) is 31.3 Å². The number of nitrogens with one attached hydrogen (secondary N) is 1. The molecule has 0 fully saturated rings. The second-order valence-electron chi connectivity index (χ2n) is 3.37. The third-order valence-corrected chi connectivity index (χ3v) is 3.01. The highest BCUT2D eigenvalue weighted by atomic mass is 79.9. The second-order valence-corrected chi connectivity index (χ2v) is 4.22. The number of hydrazine groups is 1. The average molecular weight is 297 g/mol.